The molecule has 2 aromatic carbocycles. The lowest BCUT2D eigenvalue weighted by Crippen LogP contribution is -2.27. The van der Waals surface area contributed by atoms with Crippen LogP contribution in [0.3, 0.4) is 0 Å². The van der Waals surface area contributed by atoms with E-state index >= 15 is 0 Å². The van der Waals surface area contributed by atoms with Crippen LogP contribution in [0, 0.1) is 10.1 Å². The van der Waals surface area contributed by atoms with Crippen LogP contribution in [0.1, 0.15) is 22.8 Å². The van der Waals surface area contributed by atoms with Gasteiger partial charge in [-0.3, -0.25) is 24.3 Å². The van der Waals surface area contributed by atoms with Crippen molar-refractivity contribution >= 4 is 22.6 Å². The summed E-state index contributed by atoms with van der Waals surface area (Å²) in [5.74, 6) is 0.477. The van der Waals surface area contributed by atoms with Crippen LogP contribution < -0.4 is 15.6 Å². The van der Waals surface area contributed by atoms with Crippen LogP contribution >= 0.6 is 0 Å². The molecule has 2 heterocycles. The quantitative estimate of drug-likeness (QED) is 0.298. The monoisotopic (exact) mass is 462 g/mol. The summed E-state index contributed by atoms with van der Waals surface area (Å²) in [6.45, 7) is 3.31. The van der Waals surface area contributed by atoms with Crippen molar-refractivity contribution in [3.63, 3.8) is 0 Å². The standard InChI is InChI=1S/C23H22N6O5/c1-2-34-19-9-5-17(6-10-19)22(30)24-11-12-28-21-20(13-26-28)23(31)27(15-25-21)14-16-3-7-18(8-4-16)29(32)33/h3-10,13,15H,2,11-12,14H2,1H3,(H,24,30). The van der Waals surface area contributed by atoms with Crippen LogP contribution in [0.2, 0.25) is 0 Å². The van der Waals surface area contributed by atoms with E-state index in [2.05, 4.69) is 15.4 Å². The van der Waals surface area contributed by atoms with Gasteiger partial charge >= 0.3 is 0 Å². The second kappa shape index (κ2) is 9.94. The fourth-order valence-corrected chi connectivity index (χ4v) is 3.44. The molecule has 0 bridgehead atoms. The molecule has 34 heavy (non-hydrogen) atoms. The summed E-state index contributed by atoms with van der Waals surface area (Å²) in [6.07, 6.45) is 2.87. The number of non-ortho nitro benzene ring substituents is 1. The van der Waals surface area contributed by atoms with E-state index < -0.39 is 4.92 Å². The highest BCUT2D eigenvalue weighted by atomic mass is 16.6. The molecule has 4 aromatic rings. The third-order valence-corrected chi connectivity index (χ3v) is 5.16. The van der Waals surface area contributed by atoms with Crippen LogP contribution in [-0.2, 0) is 13.1 Å². The first-order valence-corrected chi connectivity index (χ1v) is 10.6. The van der Waals surface area contributed by atoms with E-state index in [1.54, 1.807) is 41.1 Å². The summed E-state index contributed by atoms with van der Waals surface area (Å²) >= 11 is 0. The molecule has 4 rings (SSSR count). The van der Waals surface area contributed by atoms with Crippen LogP contribution in [0.5, 0.6) is 5.75 Å². The number of amides is 1. The molecule has 174 valence electrons. The first-order chi connectivity index (χ1) is 16.5. The van der Waals surface area contributed by atoms with Crippen molar-refractivity contribution in [3.8, 4) is 5.75 Å². The van der Waals surface area contributed by atoms with Gasteiger partial charge in [-0.15, -0.1) is 0 Å². The number of nitro groups is 1. The molecule has 11 nitrogen and oxygen atoms in total. The molecule has 0 saturated heterocycles. The zero-order valence-corrected chi connectivity index (χ0v) is 18.4. The zero-order chi connectivity index (χ0) is 24.1. The van der Waals surface area contributed by atoms with E-state index in [1.165, 1.54) is 29.2 Å². The number of aromatic nitrogens is 4. The van der Waals surface area contributed by atoms with E-state index in [0.717, 1.165) is 5.56 Å². The number of ether oxygens (including phenoxy) is 1. The summed E-state index contributed by atoms with van der Waals surface area (Å²) in [6, 6.07) is 12.9. The summed E-state index contributed by atoms with van der Waals surface area (Å²) in [5, 5.41) is 18.2. The van der Waals surface area contributed by atoms with Crippen molar-refractivity contribution in [1.29, 1.82) is 0 Å². The molecule has 0 unspecified atom stereocenters. The fraction of sp³-hybridized carbons (Fsp3) is 0.217. The number of hydrogen-bond acceptors (Lipinski definition) is 7. The van der Waals surface area contributed by atoms with Gasteiger partial charge in [-0.25, -0.2) is 9.67 Å². The Balaban J connectivity index is 1.40. The van der Waals surface area contributed by atoms with Crippen molar-refractivity contribution in [2.75, 3.05) is 13.2 Å². The van der Waals surface area contributed by atoms with Crippen LogP contribution in [-0.4, -0.2) is 43.3 Å². The molecule has 11 heteroatoms. The van der Waals surface area contributed by atoms with E-state index in [9.17, 15) is 19.7 Å². The molecule has 2 aromatic heterocycles. The van der Waals surface area contributed by atoms with Gasteiger partial charge in [0.1, 0.15) is 17.5 Å². The predicted octanol–water partition coefficient (Wildman–Crippen LogP) is 2.38. The Morgan fingerprint density at radius 1 is 1.15 bits per heavy atom. The van der Waals surface area contributed by atoms with Crippen molar-refractivity contribution in [1.82, 2.24) is 24.6 Å². The smallest absolute Gasteiger partial charge is 0.269 e. The fourth-order valence-electron chi connectivity index (χ4n) is 3.44. The predicted molar refractivity (Wildman–Crippen MR) is 124 cm³/mol. The van der Waals surface area contributed by atoms with Gasteiger partial charge in [0.05, 0.1) is 30.8 Å². The first kappa shape index (κ1) is 22.6. The van der Waals surface area contributed by atoms with Gasteiger partial charge < -0.3 is 10.1 Å². The Morgan fingerprint density at radius 2 is 1.88 bits per heavy atom. The van der Waals surface area contributed by atoms with Gasteiger partial charge in [0.2, 0.25) is 0 Å². The maximum absolute atomic E-state index is 12.8. The lowest BCUT2D eigenvalue weighted by molar-refractivity contribution is -0.384. The summed E-state index contributed by atoms with van der Waals surface area (Å²) in [4.78, 5) is 39.9. The molecule has 0 aliphatic carbocycles. The highest BCUT2D eigenvalue weighted by Gasteiger charge is 2.12. The topological polar surface area (TPSA) is 134 Å². The minimum atomic E-state index is -0.474. The van der Waals surface area contributed by atoms with Gasteiger partial charge in [-0.1, -0.05) is 12.1 Å². The van der Waals surface area contributed by atoms with Gasteiger partial charge in [-0.2, -0.15) is 5.10 Å². The number of nitrogens with one attached hydrogen (secondary N) is 1. The lowest BCUT2D eigenvalue weighted by atomic mass is 10.2. The second-order valence-corrected chi connectivity index (χ2v) is 7.42. The van der Waals surface area contributed by atoms with E-state index in [4.69, 9.17) is 4.74 Å². The number of rotatable bonds is 9. The molecular formula is C23H22N6O5. The van der Waals surface area contributed by atoms with E-state index in [0.29, 0.717) is 42.0 Å². The van der Waals surface area contributed by atoms with Crippen LogP contribution in [0.4, 0.5) is 5.69 Å². The molecule has 0 aliphatic rings. The normalized spacial score (nSPS) is 10.9. The third kappa shape index (κ3) is 4.93. The van der Waals surface area contributed by atoms with Gasteiger partial charge in [0, 0.05) is 24.2 Å². The van der Waals surface area contributed by atoms with Crippen molar-refractivity contribution < 1.29 is 14.5 Å². The number of carbonyl (C=O) groups is 1. The summed E-state index contributed by atoms with van der Waals surface area (Å²) in [5.41, 5.74) is 1.38. The maximum Gasteiger partial charge on any atom is 0.269 e. The SMILES string of the molecule is CCOc1ccc(C(=O)NCCn2ncc3c(=O)n(Cc4ccc([N+](=O)[O-])cc4)cnc32)cc1. The number of fused-ring (bicyclic) bond motifs is 1. The number of nitrogens with zero attached hydrogens (tertiary/aromatic N) is 5. The number of carbonyl (C=O) groups excluding carboxylic acids is 1. The molecule has 0 saturated carbocycles. The van der Waals surface area contributed by atoms with E-state index in [1.807, 2.05) is 6.92 Å². The first-order valence-electron chi connectivity index (χ1n) is 10.6. The number of nitro benzene ring substituents is 1. The van der Waals surface area contributed by atoms with Gasteiger partial charge in [0.25, 0.3) is 17.2 Å². The minimum absolute atomic E-state index is 0.0134. The molecule has 0 spiro atoms. The second-order valence-electron chi connectivity index (χ2n) is 7.42. The Morgan fingerprint density at radius 3 is 2.56 bits per heavy atom. The minimum Gasteiger partial charge on any atom is -0.494 e. The molecule has 1 amide bonds. The van der Waals surface area contributed by atoms with Crippen LogP contribution in [0.15, 0.2) is 65.8 Å². The Kier molecular flexibility index (Phi) is 6.62. The van der Waals surface area contributed by atoms with Crippen molar-refractivity contribution in [2.24, 2.45) is 0 Å². The van der Waals surface area contributed by atoms with E-state index in [-0.39, 0.29) is 23.7 Å². The molecule has 0 fully saturated rings. The van der Waals surface area contributed by atoms with Gasteiger partial charge in [-0.05, 0) is 36.8 Å². The van der Waals surface area contributed by atoms with Crippen LogP contribution in [0.25, 0.3) is 11.0 Å². The summed E-state index contributed by atoms with van der Waals surface area (Å²) in [7, 11) is 0. The third-order valence-electron chi connectivity index (χ3n) is 5.16. The zero-order valence-electron chi connectivity index (χ0n) is 18.4. The van der Waals surface area contributed by atoms with Crippen molar-refractivity contribution in [2.45, 2.75) is 20.0 Å². The Labute approximate surface area is 193 Å². The largest absolute Gasteiger partial charge is 0.494 e. The lowest BCUT2D eigenvalue weighted by Gasteiger charge is -2.08. The highest BCUT2D eigenvalue weighted by Crippen LogP contribution is 2.14. The molecule has 0 radical (unpaired) electrons. The molecule has 0 atom stereocenters. The molecule has 1 N–H and O–H groups in total. The summed E-state index contributed by atoms with van der Waals surface area (Å²) < 4.78 is 8.35. The van der Waals surface area contributed by atoms with Crippen molar-refractivity contribution in [3.05, 3.63) is 92.7 Å². The average Bonchev–Trinajstić information content (AvgIpc) is 3.25. The number of hydrogen-bond donors (Lipinski definition) is 1. The number of benzene rings is 2. The highest BCUT2D eigenvalue weighted by molar-refractivity contribution is 5.94. The average molecular weight is 462 g/mol. The van der Waals surface area contributed by atoms with Gasteiger partial charge in [0.15, 0.2) is 5.65 Å². The molecule has 0 aliphatic heterocycles. The molecular weight excluding hydrogens is 440 g/mol. The maximum atomic E-state index is 12.8. The Hall–Kier alpha value is -4.54. The Bertz CT molecular complexity index is 1380.